The molecule has 102 valence electrons. The number of rotatable bonds is 4. The van der Waals surface area contributed by atoms with Crippen molar-refractivity contribution < 1.29 is 13.2 Å². The molecule has 4 heteroatoms. The van der Waals surface area contributed by atoms with Crippen LogP contribution in [0.4, 0.5) is 13.2 Å². The van der Waals surface area contributed by atoms with Crippen LogP contribution in [-0.2, 0) is 12.6 Å². The molecule has 1 rings (SSSR count). The SMILES string of the molecule is CC(N)CCc1cc(C(C)C)cc(C(F)(F)F)c1. The maximum atomic E-state index is 12.8. The van der Waals surface area contributed by atoms with E-state index in [2.05, 4.69) is 0 Å². The summed E-state index contributed by atoms with van der Waals surface area (Å²) in [5, 5.41) is 0. The van der Waals surface area contributed by atoms with Crippen LogP contribution in [0, 0.1) is 0 Å². The lowest BCUT2D eigenvalue weighted by Crippen LogP contribution is -2.15. The van der Waals surface area contributed by atoms with Crippen molar-refractivity contribution in [3.8, 4) is 0 Å². The van der Waals surface area contributed by atoms with Gasteiger partial charge in [-0.05, 0) is 48.9 Å². The predicted octanol–water partition coefficient (Wildman–Crippen LogP) is 4.11. The Morgan fingerprint density at radius 2 is 1.72 bits per heavy atom. The summed E-state index contributed by atoms with van der Waals surface area (Å²) < 4.78 is 38.4. The Balaban J connectivity index is 3.06. The Labute approximate surface area is 106 Å². The minimum Gasteiger partial charge on any atom is -0.328 e. The molecule has 18 heavy (non-hydrogen) atoms. The Bertz CT molecular complexity index is 395. The quantitative estimate of drug-likeness (QED) is 0.865. The summed E-state index contributed by atoms with van der Waals surface area (Å²) in [4.78, 5) is 0. The molecule has 0 bridgehead atoms. The summed E-state index contributed by atoms with van der Waals surface area (Å²) in [5.41, 5.74) is 6.52. The van der Waals surface area contributed by atoms with E-state index in [1.54, 1.807) is 0 Å². The Morgan fingerprint density at radius 1 is 1.11 bits per heavy atom. The van der Waals surface area contributed by atoms with Crippen LogP contribution in [0.3, 0.4) is 0 Å². The maximum absolute atomic E-state index is 12.8. The summed E-state index contributed by atoms with van der Waals surface area (Å²) in [7, 11) is 0. The smallest absolute Gasteiger partial charge is 0.328 e. The molecule has 0 saturated heterocycles. The van der Waals surface area contributed by atoms with E-state index in [4.69, 9.17) is 5.73 Å². The molecule has 1 aromatic carbocycles. The van der Waals surface area contributed by atoms with Gasteiger partial charge in [-0.1, -0.05) is 19.9 Å². The average Bonchev–Trinajstić information content (AvgIpc) is 2.24. The van der Waals surface area contributed by atoms with Crippen molar-refractivity contribution in [3.63, 3.8) is 0 Å². The van der Waals surface area contributed by atoms with Crippen molar-refractivity contribution in [2.45, 2.75) is 51.7 Å². The summed E-state index contributed by atoms with van der Waals surface area (Å²) in [6.45, 7) is 5.65. The molecule has 1 unspecified atom stereocenters. The number of hydrogen-bond donors (Lipinski definition) is 1. The zero-order chi connectivity index (χ0) is 13.9. The van der Waals surface area contributed by atoms with E-state index in [1.165, 1.54) is 12.1 Å². The standard InChI is InChI=1S/C14H20F3N/c1-9(2)12-6-11(5-4-10(3)18)7-13(8-12)14(15,16)17/h6-10H,4-5,18H2,1-3H3. The number of halogens is 3. The average molecular weight is 259 g/mol. The van der Waals surface area contributed by atoms with Gasteiger partial charge in [0, 0.05) is 6.04 Å². The van der Waals surface area contributed by atoms with Gasteiger partial charge in [0.05, 0.1) is 5.56 Å². The number of alkyl halides is 3. The first-order valence-electron chi connectivity index (χ1n) is 6.16. The summed E-state index contributed by atoms with van der Waals surface area (Å²) in [5.74, 6) is 0.0846. The molecule has 0 amide bonds. The van der Waals surface area contributed by atoms with Crippen molar-refractivity contribution in [3.05, 3.63) is 34.9 Å². The van der Waals surface area contributed by atoms with Crippen molar-refractivity contribution in [1.82, 2.24) is 0 Å². The van der Waals surface area contributed by atoms with Crippen molar-refractivity contribution in [1.29, 1.82) is 0 Å². The lowest BCUT2D eigenvalue weighted by atomic mass is 9.95. The van der Waals surface area contributed by atoms with Gasteiger partial charge >= 0.3 is 6.18 Å². The van der Waals surface area contributed by atoms with Gasteiger partial charge in [0.2, 0.25) is 0 Å². The Hall–Kier alpha value is -1.03. The fourth-order valence-electron chi connectivity index (χ4n) is 1.75. The molecule has 1 aromatic rings. The molecule has 0 saturated carbocycles. The van der Waals surface area contributed by atoms with E-state index < -0.39 is 11.7 Å². The molecular formula is C14H20F3N. The molecule has 0 fully saturated rings. The van der Waals surface area contributed by atoms with Gasteiger partial charge in [0.15, 0.2) is 0 Å². The zero-order valence-corrected chi connectivity index (χ0v) is 11.0. The molecule has 0 aliphatic carbocycles. The van der Waals surface area contributed by atoms with E-state index in [-0.39, 0.29) is 12.0 Å². The number of benzene rings is 1. The third kappa shape index (κ3) is 4.33. The predicted molar refractivity (Wildman–Crippen MR) is 67.5 cm³/mol. The highest BCUT2D eigenvalue weighted by molar-refractivity contribution is 5.33. The van der Waals surface area contributed by atoms with E-state index >= 15 is 0 Å². The zero-order valence-electron chi connectivity index (χ0n) is 11.0. The normalized spacial score (nSPS) is 14.0. The van der Waals surface area contributed by atoms with Gasteiger partial charge in [-0.15, -0.1) is 0 Å². The maximum Gasteiger partial charge on any atom is 0.416 e. The molecule has 0 heterocycles. The summed E-state index contributed by atoms with van der Waals surface area (Å²) in [6, 6.07) is 4.32. The van der Waals surface area contributed by atoms with E-state index in [0.717, 1.165) is 5.56 Å². The van der Waals surface area contributed by atoms with Gasteiger partial charge in [0.1, 0.15) is 0 Å². The largest absolute Gasteiger partial charge is 0.416 e. The second-order valence-corrected chi connectivity index (χ2v) is 5.13. The molecule has 1 atom stereocenters. The minimum atomic E-state index is -4.28. The topological polar surface area (TPSA) is 26.0 Å². The monoisotopic (exact) mass is 259 g/mol. The first-order chi connectivity index (χ1) is 8.20. The van der Waals surface area contributed by atoms with Gasteiger partial charge in [-0.2, -0.15) is 13.2 Å². The molecule has 0 radical (unpaired) electrons. The first kappa shape index (κ1) is 15.0. The second kappa shape index (κ2) is 5.74. The van der Waals surface area contributed by atoms with Crippen LogP contribution in [0.2, 0.25) is 0 Å². The molecular weight excluding hydrogens is 239 g/mol. The highest BCUT2D eigenvalue weighted by atomic mass is 19.4. The molecule has 1 nitrogen and oxygen atoms in total. The van der Waals surface area contributed by atoms with Crippen LogP contribution in [-0.4, -0.2) is 6.04 Å². The van der Waals surface area contributed by atoms with Crippen LogP contribution in [0.15, 0.2) is 18.2 Å². The van der Waals surface area contributed by atoms with Crippen LogP contribution >= 0.6 is 0 Å². The van der Waals surface area contributed by atoms with Gasteiger partial charge in [-0.3, -0.25) is 0 Å². The lowest BCUT2D eigenvalue weighted by Gasteiger charge is -2.14. The van der Waals surface area contributed by atoms with Gasteiger partial charge < -0.3 is 5.73 Å². The highest BCUT2D eigenvalue weighted by Crippen LogP contribution is 2.32. The van der Waals surface area contributed by atoms with Gasteiger partial charge in [0.25, 0.3) is 0 Å². The van der Waals surface area contributed by atoms with Crippen LogP contribution in [0.5, 0.6) is 0 Å². The fraction of sp³-hybridized carbons (Fsp3) is 0.571. The third-order valence-electron chi connectivity index (χ3n) is 2.90. The first-order valence-corrected chi connectivity index (χ1v) is 6.16. The fourth-order valence-corrected chi connectivity index (χ4v) is 1.75. The van der Waals surface area contributed by atoms with Crippen molar-refractivity contribution >= 4 is 0 Å². The molecule has 0 aliphatic rings. The van der Waals surface area contributed by atoms with E-state index in [0.29, 0.717) is 18.4 Å². The molecule has 0 aromatic heterocycles. The number of nitrogens with two attached hydrogens (primary N) is 1. The van der Waals surface area contributed by atoms with E-state index in [1.807, 2.05) is 26.8 Å². The second-order valence-electron chi connectivity index (χ2n) is 5.13. The molecule has 0 aliphatic heterocycles. The van der Waals surface area contributed by atoms with Crippen LogP contribution in [0.25, 0.3) is 0 Å². The summed E-state index contributed by atoms with van der Waals surface area (Å²) >= 11 is 0. The third-order valence-corrected chi connectivity index (χ3v) is 2.90. The van der Waals surface area contributed by atoms with E-state index in [9.17, 15) is 13.2 Å². The van der Waals surface area contributed by atoms with Gasteiger partial charge in [-0.25, -0.2) is 0 Å². The Morgan fingerprint density at radius 3 is 2.17 bits per heavy atom. The van der Waals surface area contributed by atoms with Crippen LogP contribution < -0.4 is 5.73 Å². The summed E-state index contributed by atoms with van der Waals surface area (Å²) in [6.07, 6.45) is -3.01. The highest BCUT2D eigenvalue weighted by Gasteiger charge is 2.31. The lowest BCUT2D eigenvalue weighted by molar-refractivity contribution is -0.137. The Kier molecular flexibility index (Phi) is 4.79. The number of aryl methyl sites for hydroxylation is 1. The van der Waals surface area contributed by atoms with Crippen molar-refractivity contribution in [2.24, 2.45) is 5.73 Å². The van der Waals surface area contributed by atoms with Crippen molar-refractivity contribution in [2.75, 3.05) is 0 Å². The molecule has 0 spiro atoms. The number of hydrogen-bond acceptors (Lipinski definition) is 1. The van der Waals surface area contributed by atoms with Crippen LogP contribution in [0.1, 0.15) is 49.8 Å². The molecule has 2 N–H and O–H groups in total. The minimum absolute atomic E-state index is 0.00189.